The highest BCUT2D eigenvalue weighted by Crippen LogP contribution is 2.15. The zero-order valence-electron chi connectivity index (χ0n) is 10.5. The summed E-state index contributed by atoms with van der Waals surface area (Å²) < 4.78 is 13.3. The zero-order valence-corrected chi connectivity index (χ0v) is 10.5. The Labute approximate surface area is 101 Å². The molecule has 0 spiro atoms. The number of benzene rings is 1. The predicted octanol–water partition coefficient (Wildman–Crippen LogP) is 2.45. The van der Waals surface area contributed by atoms with Crippen molar-refractivity contribution in [2.24, 2.45) is 11.7 Å². The standard InChI is InChI=1S/C13H19FN2O/c1-4-8(2)12(15)13(17)16-10-6-5-9(3)11(14)7-10/h5-8,12H,4,15H2,1-3H3,(H,16,17)/t8?,12-/m0/s1. The van der Waals surface area contributed by atoms with Crippen LogP contribution in [0.25, 0.3) is 0 Å². The van der Waals surface area contributed by atoms with Crippen LogP contribution in [0.15, 0.2) is 18.2 Å². The molecule has 3 N–H and O–H groups in total. The maximum absolute atomic E-state index is 13.3. The fourth-order valence-electron chi connectivity index (χ4n) is 1.41. The number of rotatable bonds is 4. The largest absolute Gasteiger partial charge is 0.325 e. The minimum absolute atomic E-state index is 0.102. The van der Waals surface area contributed by atoms with Crippen molar-refractivity contribution in [3.05, 3.63) is 29.6 Å². The number of hydrogen-bond donors (Lipinski definition) is 2. The van der Waals surface area contributed by atoms with Crippen LogP contribution in [0.5, 0.6) is 0 Å². The third-order valence-electron chi connectivity index (χ3n) is 3.00. The molecule has 0 aliphatic heterocycles. The molecule has 0 saturated heterocycles. The molecule has 94 valence electrons. The van der Waals surface area contributed by atoms with E-state index in [0.717, 1.165) is 6.42 Å². The van der Waals surface area contributed by atoms with Gasteiger partial charge in [0.15, 0.2) is 0 Å². The van der Waals surface area contributed by atoms with Crippen molar-refractivity contribution in [1.29, 1.82) is 0 Å². The summed E-state index contributed by atoms with van der Waals surface area (Å²) >= 11 is 0. The number of anilines is 1. The van der Waals surface area contributed by atoms with Gasteiger partial charge in [0, 0.05) is 5.69 Å². The molecule has 4 heteroatoms. The molecule has 1 amide bonds. The fourth-order valence-corrected chi connectivity index (χ4v) is 1.41. The lowest BCUT2D eigenvalue weighted by atomic mass is 9.99. The number of aryl methyl sites for hydroxylation is 1. The van der Waals surface area contributed by atoms with Crippen LogP contribution in [-0.2, 0) is 4.79 Å². The summed E-state index contributed by atoms with van der Waals surface area (Å²) in [6.45, 7) is 5.56. The van der Waals surface area contributed by atoms with Gasteiger partial charge in [-0.25, -0.2) is 4.39 Å². The Kier molecular flexibility index (Phi) is 4.63. The highest BCUT2D eigenvalue weighted by atomic mass is 19.1. The van der Waals surface area contributed by atoms with Gasteiger partial charge in [-0.3, -0.25) is 4.79 Å². The molecule has 0 aliphatic carbocycles. The van der Waals surface area contributed by atoms with Gasteiger partial charge in [-0.1, -0.05) is 26.3 Å². The van der Waals surface area contributed by atoms with Gasteiger partial charge >= 0.3 is 0 Å². The van der Waals surface area contributed by atoms with Crippen molar-refractivity contribution in [1.82, 2.24) is 0 Å². The quantitative estimate of drug-likeness (QED) is 0.846. The van der Waals surface area contributed by atoms with E-state index < -0.39 is 6.04 Å². The van der Waals surface area contributed by atoms with Gasteiger partial charge in [0.1, 0.15) is 5.82 Å². The first-order chi connectivity index (χ1) is 7.95. The van der Waals surface area contributed by atoms with Gasteiger partial charge in [-0.15, -0.1) is 0 Å². The van der Waals surface area contributed by atoms with Gasteiger partial charge < -0.3 is 11.1 Å². The van der Waals surface area contributed by atoms with Crippen LogP contribution < -0.4 is 11.1 Å². The van der Waals surface area contributed by atoms with Gasteiger partial charge in [0.2, 0.25) is 5.91 Å². The molecule has 0 saturated carbocycles. The smallest absolute Gasteiger partial charge is 0.241 e. The highest BCUT2D eigenvalue weighted by molar-refractivity contribution is 5.94. The Hall–Kier alpha value is -1.42. The van der Waals surface area contributed by atoms with Gasteiger partial charge in [0.05, 0.1) is 6.04 Å². The Morgan fingerprint density at radius 3 is 2.71 bits per heavy atom. The number of nitrogens with one attached hydrogen (secondary N) is 1. The molecule has 0 aromatic heterocycles. The van der Waals surface area contributed by atoms with E-state index in [-0.39, 0.29) is 17.6 Å². The molecule has 1 rings (SSSR count). The Morgan fingerprint density at radius 1 is 1.53 bits per heavy atom. The lowest BCUT2D eigenvalue weighted by molar-refractivity contribution is -0.118. The molecule has 17 heavy (non-hydrogen) atoms. The number of carbonyl (C=O) groups is 1. The fraction of sp³-hybridized carbons (Fsp3) is 0.462. The first kappa shape index (κ1) is 13.6. The number of nitrogens with two attached hydrogens (primary N) is 1. The van der Waals surface area contributed by atoms with Crippen LogP contribution in [0, 0.1) is 18.7 Å². The Balaban J connectivity index is 2.71. The summed E-state index contributed by atoms with van der Waals surface area (Å²) in [6.07, 6.45) is 0.830. The van der Waals surface area contributed by atoms with Gasteiger partial charge in [-0.05, 0) is 30.5 Å². The molecule has 1 aromatic rings. The normalized spacial score (nSPS) is 14.2. The van der Waals surface area contributed by atoms with E-state index in [1.165, 1.54) is 6.07 Å². The van der Waals surface area contributed by atoms with Crippen LogP contribution in [0.4, 0.5) is 10.1 Å². The maximum Gasteiger partial charge on any atom is 0.241 e. The number of halogens is 1. The van der Waals surface area contributed by atoms with E-state index in [0.29, 0.717) is 11.3 Å². The average Bonchev–Trinajstić information content (AvgIpc) is 2.31. The van der Waals surface area contributed by atoms with E-state index in [1.54, 1.807) is 19.1 Å². The summed E-state index contributed by atoms with van der Waals surface area (Å²) in [7, 11) is 0. The monoisotopic (exact) mass is 238 g/mol. The van der Waals surface area contributed by atoms with E-state index >= 15 is 0 Å². The Morgan fingerprint density at radius 2 is 2.18 bits per heavy atom. The SMILES string of the molecule is CCC(C)[C@H](N)C(=O)Nc1ccc(C)c(F)c1. The summed E-state index contributed by atoms with van der Waals surface area (Å²) in [5.74, 6) is -0.507. The third-order valence-corrected chi connectivity index (χ3v) is 3.00. The molecular formula is C13H19FN2O. The van der Waals surface area contributed by atoms with Gasteiger partial charge in [-0.2, -0.15) is 0 Å². The third kappa shape index (κ3) is 3.53. The summed E-state index contributed by atoms with van der Waals surface area (Å²) in [5, 5.41) is 2.62. The predicted molar refractivity (Wildman–Crippen MR) is 67.2 cm³/mol. The van der Waals surface area contributed by atoms with E-state index in [4.69, 9.17) is 5.73 Å². The Bertz CT molecular complexity index is 406. The molecule has 2 atom stereocenters. The highest BCUT2D eigenvalue weighted by Gasteiger charge is 2.19. The number of amides is 1. The molecular weight excluding hydrogens is 219 g/mol. The van der Waals surface area contributed by atoms with E-state index in [1.807, 2.05) is 13.8 Å². The topological polar surface area (TPSA) is 55.1 Å². The number of carbonyl (C=O) groups excluding carboxylic acids is 1. The van der Waals surface area contributed by atoms with Crippen molar-refractivity contribution in [2.45, 2.75) is 33.2 Å². The minimum Gasteiger partial charge on any atom is -0.325 e. The van der Waals surface area contributed by atoms with Crippen LogP contribution in [0.2, 0.25) is 0 Å². The summed E-state index contributed by atoms with van der Waals surface area (Å²) in [4.78, 5) is 11.8. The molecule has 1 aromatic carbocycles. The molecule has 3 nitrogen and oxygen atoms in total. The first-order valence-electron chi connectivity index (χ1n) is 5.78. The van der Waals surface area contributed by atoms with E-state index in [2.05, 4.69) is 5.32 Å². The van der Waals surface area contributed by atoms with Crippen LogP contribution in [0.3, 0.4) is 0 Å². The second-order valence-corrected chi connectivity index (χ2v) is 4.36. The average molecular weight is 238 g/mol. The lowest BCUT2D eigenvalue weighted by Crippen LogP contribution is -2.40. The van der Waals surface area contributed by atoms with Crippen molar-refractivity contribution in [3.8, 4) is 0 Å². The zero-order chi connectivity index (χ0) is 13.0. The van der Waals surface area contributed by atoms with Crippen molar-refractivity contribution < 1.29 is 9.18 Å². The van der Waals surface area contributed by atoms with Crippen molar-refractivity contribution in [3.63, 3.8) is 0 Å². The molecule has 0 aliphatic rings. The van der Waals surface area contributed by atoms with Crippen molar-refractivity contribution in [2.75, 3.05) is 5.32 Å². The summed E-state index contributed by atoms with van der Waals surface area (Å²) in [5.41, 5.74) is 6.77. The van der Waals surface area contributed by atoms with Crippen LogP contribution in [0.1, 0.15) is 25.8 Å². The second-order valence-electron chi connectivity index (χ2n) is 4.36. The van der Waals surface area contributed by atoms with Crippen LogP contribution in [-0.4, -0.2) is 11.9 Å². The van der Waals surface area contributed by atoms with Crippen LogP contribution >= 0.6 is 0 Å². The molecule has 0 heterocycles. The molecule has 0 bridgehead atoms. The minimum atomic E-state index is -0.565. The number of hydrogen-bond acceptors (Lipinski definition) is 2. The molecule has 1 unspecified atom stereocenters. The summed E-state index contributed by atoms with van der Waals surface area (Å²) in [6, 6.07) is 4.03. The second kappa shape index (κ2) is 5.77. The van der Waals surface area contributed by atoms with E-state index in [9.17, 15) is 9.18 Å². The van der Waals surface area contributed by atoms with Gasteiger partial charge in [0.25, 0.3) is 0 Å². The lowest BCUT2D eigenvalue weighted by Gasteiger charge is -2.17. The first-order valence-corrected chi connectivity index (χ1v) is 5.78. The van der Waals surface area contributed by atoms with Crippen molar-refractivity contribution >= 4 is 11.6 Å². The molecule has 0 fully saturated rings. The molecule has 0 radical (unpaired) electrons. The maximum atomic E-state index is 13.3.